The zero-order chi connectivity index (χ0) is 12.5. The number of nitrogens with two attached hydrogens (primary N) is 1. The quantitative estimate of drug-likeness (QED) is 0.794. The first-order valence-corrected chi connectivity index (χ1v) is 4.93. The number of benzene rings is 1. The predicted molar refractivity (Wildman–Crippen MR) is 62.9 cm³/mol. The van der Waals surface area contributed by atoms with E-state index >= 15 is 0 Å². The van der Waals surface area contributed by atoms with Crippen LogP contribution in [0.5, 0.6) is 5.75 Å². The number of aromatic hydroxyl groups is 1. The Labute approximate surface area is 110 Å². The second-order valence-electron chi connectivity index (χ2n) is 3.06. The fourth-order valence-electron chi connectivity index (χ4n) is 1.13. The maximum Gasteiger partial charge on any atom is 0.335 e. The molecular formula is C9H9BrClF2NO3. The molecule has 1 aromatic carbocycles. The summed E-state index contributed by atoms with van der Waals surface area (Å²) in [5, 5.41) is 18.2. The molecule has 1 atom stereocenters. The lowest BCUT2D eigenvalue weighted by Gasteiger charge is -2.14. The summed E-state index contributed by atoms with van der Waals surface area (Å²) in [5.41, 5.74) is 4.62. The van der Waals surface area contributed by atoms with Crippen LogP contribution in [-0.4, -0.2) is 22.6 Å². The summed E-state index contributed by atoms with van der Waals surface area (Å²) in [7, 11) is 0. The number of carboxylic acids is 1. The summed E-state index contributed by atoms with van der Waals surface area (Å²) in [6.07, 6.45) is -2.89. The van der Waals surface area contributed by atoms with Gasteiger partial charge in [0.05, 0.1) is 16.1 Å². The van der Waals surface area contributed by atoms with Gasteiger partial charge in [-0.3, -0.25) is 0 Å². The minimum atomic E-state index is -2.89. The van der Waals surface area contributed by atoms with Crippen LogP contribution >= 0.6 is 28.3 Å². The van der Waals surface area contributed by atoms with E-state index in [2.05, 4.69) is 15.9 Å². The Hall–Kier alpha value is -0.920. The smallest absolute Gasteiger partial charge is 0.335 e. The van der Waals surface area contributed by atoms with Gasteiger partial charge in [-0.15, -0.1) is 12.4 Å². The monoisotopic (exact) mass is 331 g/mol. The first-order valence-electron chi connectivity index (χ1n) is 4.14. The van der Waals surface area contributed by atoms with Crippen molar-refractivity contribution in [2.75, 3.05) is 0 Å². The fourth-order valence-corrected chi connectivity index (χ4v) is 1.61. The molecule has 8 heteroatoms. The highest BCUT2D eigenvalue weighted by atomic mass is 79.9. The summed E-state index contributed by atoms with van der Waals surface area (Å²) in [6, 6.07) is 0.314. The van der Waals surface area contributed by atoms with Crippen molar-refractivity contribution in [3.8, 4) is 5.75 Å². The number of alkyl halides is 2. The largest absolute Gasteiger partial charge is 0.506 e. The molecule has 0 unspecified atom stereocenters. The lowest BCUT2D eigenvalue weighted by atomic mass is 10.0. The van der Waals surface area contributed by atoms with Crippen molar-refractivity contribution >= 4 is 34.3 Å². The summed E-state index contributed by atoms with van der Waals surface area (Å²) >= 11 is 2.87. The third-order valence-corrected chi connectivity index (χ3v) is 2.57. The number of hydrogen-bond acceptors (Lipinski definition) is 3. The maximum absolute atomic E-state index is 12.4. The SMILES string of the molecule is Cl.N[C@@H](c1cc(C(=O)O)cc(Br)c1O)C(F)F. The number of rotatable bonds is 3. The molecule has 0 saturated heterocycles. The lowest BCUT2D eigenvalue weighted by molar-refractivity contribution is 0.0695. The molecule has 4 N–H and O–H groups in total. The Bertz CT molecular complexity index is 431. The predicted octanol–water partition coefficient (Wildman–Crippen LogP) is 2.54. The number of phenolic OH excluding ortho intramolecular Hbond substituents is 1. The Morgan fingerprint density at radius 2 is 1.94 bits per heavy atom. The van der Waals surface area contributed by atoms with Crippen molar-refractivity contribution in [2.45, 2.75) is 12.5 Å². The van der Waals surface area contributed by atoms with Crippen LogP contribution in [0, 0.1) is 0 Å². The summed E-state index contributed by atoms with van der Waals surface area (Å²) in [5.74, 6) is -1.76. The van der Waals surface area contributed by atoms with Crippen LogP contribution in [0.2, 0.25) is 0 Å². The topological polar surface area (TPSA) is 83.6 Å². The Morgan fingerprint density at radius 3 is 2.35 bits per heavy atom. The number of halogens is 4. The molecule has 1 rings (SSSR count). The highest BCUT2D eigenvalue weighted by Crippen LogP contribution is 2.34. The molecule has 0 spiro atoms. The van der Waals surface area contributed by atoms with Crippen LogP contribution < -0.4 is 5.73 Å². The molecule has 0 amide bonds. The van der Waals surface area contributed by atoms with Gasteiger partial charge in [-0.25, -0.2) is 13.6 Å². The summed E-state index contributed by atoms with van der Waals surface area (Å²) < 4.78 is 24.7. The van der Waals surface area contributed by atoms with E-state index in [1.807, 2.05) is 0 Å². The van der Waals surface area contributed by atoms with Gasteiger partial charge < -0.3 is 15.9 Å². The van der Waals surface area contributed by atoms with Gasteiger partial charge in [0.25, 0.3) is 6.43 Å². The van der Waals surface area contributed by atoms with E-state index in [4.69, 9.17) is 10.8 Å². The summed E-state index contributed by atoms with van der Waals surface area (Å²) in [6.45, 7) is 0. The second kappa shape index (κ2) is 6.13. The van der Waals surface area contributed by atoms with E-state index in [0.717, 1.165) is 12.1 Å². The van der Waals surface area contributed by atoms with Crippen molar-refractivity contribution in [1.29, 1.82) is 0 Å². The van der Waals surface area contributed by atoms with Crippen molar-refractivity contribution in [1.82, 2.24) is 0 Å². The van der Waals surface area contributed by atoms with Gasteiger partial charge in [0.2, 0.25) is 0 Å². The molecule has 4 nitrogen and oxygen atoms in total. The molecule has 0 fully saturated rings. The first kappa shape index (κ1) is 16.1. The summed E-state index contributed by atoms with van der Waals surface area (Å²) in [4.78, 5) is 10.7. The molecule has 0 saturated carbocycles. The number of hydrogen-bond donors (Lipinski definition) is 3. The van der Waals surface area contributed by atoms with Gasteiger partial charge in [0.1, 0.15) is 5.75 Å². The minimum absolute atomic E-state index is 0. The van der Waals surface area contributed by atoms with E-state index in [-0.39, 0.29) is 28.0 Å². The third-order valence-electron chi connectivity index (χ3n) is 1.97. The van der Waals surface area contributed by atoms with E-state index < -0.39 is 24.2 Å². The molecule has 17 heavy (non-hydrogen) atoms. The maximum atomic E-state index is 12.4. The number of carboxylic acid groups (broad SMARTS) is 1. The third kappa shape index (κ3) is 3.52. The molecule has 0 aliphatic carbocycles. The van der Waals surface area contributed by atoms with Crippen LogP contribution in [0.15, 0.2) is 16.6 Å². The van der Waals surface area contributed by atoms with Crippen molar-refractivity contribution < 1.29 is 23.8 Å². The molecule has 1 aromatic rings. The van der Waals surface area contributed by atoms with Crippen LogP contribution in [0.25, 0.3) is 0 Å². The highest BCUT2D eigenvalue weighted by Gasteiger charge is 2.23. The average molecular weight is 333 g/mol. The minimum Gasteiger partial charge on any atom is -0.506 e. The van der Waals surface area contributed by atoms with E-state index in [9.17, 15) is 18.7 Å². The lowest BCUT2D eigenvalue weighted by Crippen LogP contribution is -2.19. The zero-order valence-electron chi connectivity index (χ0n) is 8.23. The Balaban J connectivity index is 0.00000256. The van der Waals surface area contributed by atoms with Crippen molar-refractivity contribution in [3.63, 3.8) is 0 Å². The van der Waals surface area contributed by atoms with E-state index in [0.29, 0.717) is 0 Å². The Morgan fingerprint density at radius 1 is 1.41 bits per heavy atom. The number of carbonyl (C=O) groups is 1. The van der Waals surface area contributed by atoms with Gasteiger partial charge in [-0.05, 0) is 28.1 Å². The molecule has 0 bridgehead atoms. The molecular weight excluding hydrogens is 323 g/mol. The van der Waals surface area contributed by atoms with E-state index in [1.54, 1.807) is 0 Å². The van der Waals surface area contributed by atoms with Crippen molar-refractivity contribution in [2.24, 2.45) is 5.73 Å². The molecule has 0 heterocycles. The van der Waals surface area contributed by atoms with Gasteiger partial charge in [0.15, 0.2) is 0 Å². The van der Waals surface area contributed by atoms with Crippen LogP contribution in [-0.2, 0) is 0 Å². The van der Waals surface area contributed by atoms with Crippen LogP contribution in [0.3, 0.4) is 0 Å². The number of phenols is 1. The first-order chi connectivity index (χ1) is 7.34. The second-order valence-corrected chi connectivity index (χ2v) is 3.92. The molecule has 0 aliphatic rings. The van der Waals surface area contributed by atoms with Gasteiger partial charge in [-0.2, -0.15) is 0 Å². The molecule has 0 radical (unpaired) electrons. The number of aromatic carboxylic acids is 1. The van der Waals surface area contributed by atoms with E-state index in [1.165, 1.54) is 0 Å². The molecule has 96 valence electrons. The zero-order valence-corrected chi connectivity index (χ0v) is 10.6. The molecule has 0 aliphatic heterocycles. The normalized spacial score (nSPS) is 12.1. The van der Waals surface area contributed by atoms with Crippen LogP contribution in [0.4, 0.5) is 8.78 Å². The highest BCUT2D eigenvalue weighted by molar-refractivity contribution is 9.10. The van der Waals surface area contributed by atoms with Gasteiger partial charge in [0, 0.05) is 5.56 Å². The van der Waals surface area contributed by atoms with Gasteiger partial charge in [-0.1, -0.05) is 0 Å². The van der Waals surface area contributed by atoms with Crippen molar-refractivity contribution in [3.05, 3.63) is 27.7 Å². The standard InChI is InChI=1S/C9H8BrF2NO3.ClH/c10-5-2-3(9(15)16)1-4(7(5)14)6(13)8(11)12;/h1-2,6,8,14H,13H2,(H,15,16);1H/t6-;/m0./s1. The molecule has 0 aromatic heterocycles. The average Bonchev–Trinajstić information content (AvgIpc) is 2.20. The van der Waals surface area contributed by atoms with Crippen LogP contribution in [0.1, 0.15) is 22.0 Å². The Kier molecular flexibility index (Phi) is 5.80. The van der Waals surface area contributed by atoms with Gasteiger partial charge >= 0.3 is 5.97 Å². The fraction of sp³-hybridized carbons (Fsp3) is 0.222.